The summed E-state index contributed by atoms with van der Waals surface area (Å²) in [6, 6.07) is 2.34. The van der Waals surface area contributed by atoms with Crippen molar-refractivity contribution in [2.75, 3.05) is 19.7 Å². The molecule has 80 valence electrons. The predicted octanol–water partition coefficient (Wildman–Crippen LogP) is 0.0553. The molecule has 2 saturated heterocycles. The molecule has 1 aromatic rings. The fourth-order valence-electron chi connectivity index (χ4n) is 2.22. The summed E-state index contributed by atoms with van der Waals surface area (Å²) in [6.07, 6.45) is 4.59. The van der Waals surface area contributed by atoms with E-state index in [0.29, 0.717) is 12.6 Å². The van der Waals surface area contributed by atoms with Gasteiger partial charge in [0.05, 0.1) is 12.6 Å². The number of hydrogen-bond acceptors (Lipinski definition) is 4. The molecule has 0 unspecified atom stereocenters. The predicted molar refractivity (Wildman–Crippen MR) is 52.2 cm³/mol. The van der Waals surface area contributed by atoms with Gasteiger partial charge < -0.3 is 4.74 Å². The van der Waals surface area contributed by atoms with Gasteiger partial charge in [-0.25, -0.2) is 0 Å². The van der Waals surface area contributed by atoms with E-state index in [9.17, 15) is 4.79 Å². The summed E-state index contributed by atoms with van der Waals surface area (Å²) >= 11 is 0. The van der Waals surface area contributed by atoms with E-state index in [-0.39, 0.29) is 12.0 Å². The highest BCUT2D eigenvalue weighted by Crippen LogP contribution is 2.26. The third-order valence-electron chi connectivity index (χ3n) is 3.14. The van der Waals surface area contributed by atoms with Crippen molar-refractivity contribution in [3.8, 4) is 0 Å². The Morgan fingerprint density at radius 3 is 2.93 bits per heavy atom. The lowest BCUT2D eigenvalue weighted by Gasteiger charge is -2.41. The molecule has 0 radical (unpaired) electrons. The minimum atomic E-state index is -0.0612. The average Bonchev–Trinajstić information content (AvgIpc) is 2.76. The second-order valence-electron chi connectivity index (χ2n) is 4.07. The number of hydrogen-bond donors (Lipinski definition) is 0. The summed E-state index contributed by atoms with van der Waals surface area (Å²) in [6.45, 7) is 2.38. The molecule has 2 fully saturated rings. The normalized spacial score (nSPS) is 27.7. The largest absolute Gasteiger partial charge is 0.464 e. The summed E-state index contributed by atoms with van der Waals surface area (Å²) in [5.74, 6) is -0.0612. The molecule has 0 aromatic carbocycles. The maximum atomic E-state index is 11.3. The summed E-state index contributed by atoms with van der Waals surface area (Å²) in [7, 11) is 0. The van der Waals surface area contributed by atoms with Crippen LogP contribution in [0.3, 0.4) is 0 Å². The molecule has 3 rings (SSSR count). The maximum Gasteiger partial charge on any atom is 0.323 e. The highest BCUT2D eigenvalue weighted by atomic mass is 16.5. The van der Waals surface area contributed by atoms with Crippen molar-refractivity contribution in [2.45, 2.75) is 18.5 Å². The van der Waals surface area contributed by atoms with Gasteiger partial charge >= 0.3 is 5.97 Å². The van der Waals surface area contributed by atoms with Gasteiger partial charge in [-0.15, -0.1) is 0 Å². The van der Waals surface area contributed by atoms with E-state index < -0.39 is 0 Å². The molecule has 1 atom stereocenters. The summed E-state index contributed by atoms with van der Waals surface area (Å²) < 4.78 is 6.90. The van der Waals surface area contributed by atoms with Gasteiger partial charge in [0.2, 0.25) is 0 Å². The van der Waals surface area contributed by atoms with E-state index >= 15 is 0 Å². The molecule has 0 aliphatic carbocycles. The Balaban J connectivity index is 1.60. The van der Waals surface area contributed by atoms with Crippen molar-refractivity contribution in [2.24, 2.45) is 0 Å². The zero-order valence-corrected chi connectivity index (χ0v) is 8.37. The minimum absolute atomic E-state index is 0.00295. The Hall–Kier alpha value is -1.36. The van der Waals surface area contributed by atoms with Crippen LogP contribution in [0.1, 0.15) is 12.5 Å². The number of nitrogens with zero attached hydrogens (tertiary/aromatic N) is 3. The minimum Gasteiger partial charge on any atom is -0.464 e. The number of carbonyl (C=O) groups excluding carboxylic acids is 1. The highest BCUT2D eigenvalue weighted by Gasteiger charge is 2.40. The molecule has 5 heteroatoms. The van der Waals surface area contributed by atoms with Crippen LogP contribution in [0, 0.1) is 0 Å². The van der Waals surface area contributed by atoms with Crippen LogP contribution in [0.15, 0.2) is 18.5 Å². The van der Waals surface area contributed by atoms with Crippen LogP contribution in [-0.2, 0) is 9.53 Å². The molecule has 2 aliphatic rings. The number of cyclic esters (lactones) is 1. The lowest BCUT2D eigenvalue weighted by atomic mass is 10.0. The fraction of sp³-hybridized carbons (Fsp3) is 0.600. The smallest absolute Gasteiger partial charge is 0.323 e. The zero-order chi connectivity index (χ0) is 10.3. The molecular formula is C10H13N3O2. The van der Waals surface area contributed by atoms with Crippen LogP contribution in [-0.4, -0.2) is 46.4 Å². The van der Waals surface area contributed by atoms with Gasteiger partial charge in [0.15, 0.2) is 0 Å². The Bertz CT molecular complexity index is 357. The Morgan fingerprint density at radius 2 is 2.33 bits per heavy atom. The third-order valence-corrected chi connectivity index (χ3v) is 3.14. The number of ether oxygens (including phenoxy) is 1. The molecule has 0 amide bonds. The topological polar surface area (TPSA) is 47.4 Å². The van der Waals surface area contributed by atoms with Gasteiger partial charge in [-0.1, -0.05) is 0 Å². The van der Waals surface area contributed by atoms with Crippen LogP contribution < -0.4 is 0 Å². The highest BCUT2D eigenvalue weighted by molar-refractivity contribution is 5.77. The number of aromatic nitrogens is 2. The number of rotatable bonds is 2. The first-order valence-electron chi connectivity index (χ1n) is 5.24. The molecular weight excluding hydrogens is 194 g/mol. The van der Waals surface area contributed by atoms with Gasteiger partial charge in [0, 0.05) is 31.9 Å². The number of esters is 1. The molecule has 0 spiro atoms. The standard InChI is InChI=1S/C10H13N3O2/c14-10-9(2-5-15-10)12-6-8(7-12)13-4-1-3-11-13/h1,3-4,8-9H,2,5-7H2/t9-/m1/s1. The van der Waals surface area contributed by atoms with E-state index in [2.05, 4.69) is 10.00 Å². The molecule has 0 saturated carbocycles. The van der Waals surface area contributed by atoms with Crippen LogP contribution in [0.25, 0.3) is 0 Å². The first-order valence-corrected chi connectivity index (χ1v) is 5.24. The van der Waals surface area contributed by atoms with Crippen LogP contribution in [0.4, 0.5) is 0 Å². The van der Waals surface area contributed by atoms with Crippen molar-refractivity contribution in [3.05, 3.63) is 18.5 Å². The van der Waals surface area contributed by atoms with Crippen LogP contribution in [0.5, 0.6) is 0 Å². The lowest BCUT2D eigenvalue weighted by Crippen LogP contribution is -2.54. The first-order chi connectivity index (χ1) is 7.34. The van der Waals surface area contributed by atoms with E-state index in [1.807, 2.05) is 16.9 Å². The van der Waals surface area contributed by atoms with Gasteiger partial charge in [0.1, 0.15) is 6.04 Å². The van der Waals surface area contributed by atoms with E-state index in [0.717, 1.165) is 19.5 Å². The fourth-order valence-corrected chi connectivity index (χ4v) is 2.22. The van der Waals surface area contributed by atoms with Crippen molar-refractivity contribution >= 4 is 5.97 Å². The monoisotopic (exact) mass is 207 g/mol. The molecule has 15 heavy (non-hydrogen) atoms. The lowest BCUT2D eigenvalue weighted by molar-refractivity contribution is -0.144. The second-order valence-corrected chi connectivity index (χ2v) is 4.07. The van der Waals surface area contributed by atoms with E-state index in [4.69, 9.17) is 4.74 Å². The third kappa shape index (κ3) is 1.43. The Kier molecular flexibility index (Phi) is 1.98. The zero-order valence-electron chi connectivity index (χ0n) is 8.37. The maximum absolute atomic E-state index is 11.3. The first kappa shape index (κ1) is 8.91. The van der Waals surface area contributed by atoms with Crippen LogP contribution >= 0.6 is 0 Å². The van der Waals surface area contributed by atoms with Gasteiger partial charge in [-0.05, 0) is 6.07 Å². The second kappa shape index (κ2) is 3.34. The van der Waals surface area contributed by atoms with Crippen molar-refractivity contribution in [1.82, 2.24) is 14.7 Å². The van der Waals surface area contributed by atoms with Crippen molar-refractivity contribution in [3.63, 3.8) is 0 Å². The Morgan fingerprint density at radius 1 is 1.47 bits per heavy atom. The summed E-state index contributed by atoms with van der Waals surface area (Å²) in [5.41, 5.74) is 0. The number of carbonyl (C=O) groups is 1. The van der Waals surface area contributed by atoms with Gasteiger partial charge in [0.25, 0.3) is 0 Å². The molecule has 0 N–H and O–H groups in total. The Labute approximate surface area is 87.6 Å². The molecule has 3 heterocycles. The molecule has 2 aliphatic heterocycles. The van der Waals surface area contributed by atoms with Crippen LogP contribution in [0.2, 0.25) is 0 Å². The quantitative estimate of drug-likeness (QED) is 0.643. The number of likely N-dealkylation sites (tertiary alicyclic amines) is 1. The molecule has 1 aromatic heterocycles. The molecule has 0 bridgehead atoms. The SMILES string of the molecule is O=C1OCC[C@H]1N1CC(n2cccn2)C1. The van der Waals surface area contributed by atoms with Crippen molar-refractivity contribution < 1.29 is 9.53 Å². The van der Waals surface area contributed by atoms with Gasteiger partial charge in [-0.3, -0.25) is 14.4 Å². The van der Waals surface area contributed by atoms with E-state index in [1.54, 1.807) is 6.20 Å². The molecule has 5 nitrogen and oxygen atoms in total. The summed E-state index contributed by atoms with van der Waals surface area (Å²) in [5, 5.41) is 4.19. The van der Waals surface area contributed by atoms with Gasteiger partial charge in [-0.2, -0.15) is 5.10 Å². The van der Waals surface area contributed by atoms with E-state index in [1.165, 1.54) is 0 Å². The van der Waals surface area contributed by atoms with Crippen molar-refractivity contribution in [1.29, 1.82) is 0 Å². The average molecular weight is 207 g/mol. The summed E-state index contributed by atoms with van der Waals surface area (Å²) in [4.78, 5) is 13.5.